The molecule has 30 heavy (non-hydrogen) atoms. The number of carbonyl (C=O) groups is 1. The topological polar surface area (TPSA) is 59.6 Å². The molecule has 0 aromatic heterocycles. The smallest absolute Gasteiger partial charge is 0.244 e. The van der Waals surface area contributed by atoms with Gasteiger partial charge in [-0.3, -0.25) is 4.79 Å². The van der Waals surface area contributed by atoms with Crippen molar-refractivity contribution in [3.63, 3.8) is 0 Å². The van der Waals surface area contributed by atoms with E-state index in [4.69, 9.17) is 9.47 Å². The molecule has 2 N–H and O–H groups in total. The van der Waals surface area contributed by atoms with E-state index in [2.05, 4.69) is 49.6 Å². The summed E-state index contributed by atoms with van der Waals surface area (Å²) in [6, 6.07) is 0.312. The summed E-state index contributed by atoms with van der Waals surface area (Å²) in [4.78, 5) is 13.3. The van der Waals surface area contributed by atoms with Gasteiger partial charge in [-0.15, -0.1) is 0 Å². The number of amides is 1. The zero-order chi connectivity index (χ0) is 21.9. The zero-order valence-corrected chi connectivity index (χ0v) is 19.5. The largest absolute Gasteiger partial charge is 0.384 e. The molecule has 0 aromatic rings. The van der Waals surface area contributed by atoms with Crippen LogP contribution < -0.4 is 10.6 Å². The van der Waals surface area contributed by atoms with Gasteiger partial charge in [0, 0.05) is 40.3 Å². The van der Waals surface area contributed by atoms with Gasteiger partial charge in [0.1, 0.15) is 0 Å². The fourth-order valence-electron chi connectivity index (χ4n) is 4.41. The van der Waals surface area contributed by atoms with Crippen molar-refractivity contribution < 1.29 is 17.1 Å². The molecule has 5 heteroatoms. The van der Waals surface area contributed by atoms with Gasteiger partial charge in [0.05, 0.1) is 12.1 Å². The Hall–Kier alpha value is -1.69. The first-order valence-corrected chi connectivity index (χ1v) is 11.1. The summed E-state index contributed by atoms with van der Waals surface area (Å²) in [5.41, 5.74) is 5.26. The van der Waals surface area contributed by atoms with E-state index in [0.29, 0.717) is 12.6 Å². The van der Waals surface area contributed by atoms with Crippen LogP contribution in [0.4, 0.5) is 0 Å². The molecule has 5 nitrogen and oxygen atoms in total. The van der Waals surface area contributed by atoms with Crippen LogP contribution in [-0.4, -0.2) is 44.4 Å². The highest BCUT2D eigenvalue weighted by molar-refractivity contribution is 5.87. The van der Waals surface area contributed by atoms with E-state index in [1.165, 1.54) is 22.3 Å². The monoisotopic (exact) mass is 418 g/mol. The first-order chi connectivity index (χ1) is 14.1. The van der Waals surface area contributed by atoms with Crippen molar-refractivity contribution in [2.45, 2.75) is 71.9 Å². The lowest BCUT2D eigenvalue weighted by molar-refractivity contribution is -0.126. The third-order valence-corrected chi connectivity index (χ3v) is 6.44. The van der Waals surface area contributed by atoms with Gasteiger partial charge in [-0.25, -0.2) is 0 Å². The minimum absolute atomic E-state index is 0. The highest BCUT2D eigenvalue weighted by atomic mass is 16.5. The zero-order valence-electron chi connectivity index (χ0n) is 19.5. The fourth-order valence-corrected chi connectivity index (χ4v) is 4.41. The van der Waals surface area contributed by atoms with Crippen LogP contribution in [0.5, 0.6) is 0 Å². The average molecular weight is 419 g/mol. The average Bonchev–Trinajstić information content (AvgIpc) is 2.65. The molecular formula is C25H42N2O3. The summed E-state index contributed by atoms with van der Waals surface area (Å²) in [6.45, 7) is 12.6. The normalized spacial score (nSPS) is 25.1. The number of rotatable bonds is 7. The number of allylic oxidation sites excluding steroid dienone is 6. The summed E-state index contributed by atoms with van der Waals surface area (Å²) in [7, 11) is 1.74. The number of fused-ring (bicyclic) bond motifs is 1. The Morgan fingerprint density at radius 2 is 1.90 bits per heavy atom. The van der Waals surface area contributed by atoms with E-state index in [1.54, 1.807) is 7.11 Å². The fraction of sp³-hybridized carbons (Fsp3) is 0.640. The van der Waals surface area contributed by atoms with Crippen LogP contribution in [0.15, 0.2) is 46.2 Å². The Bertz CT molecular complexity index is 804. The number of methoxy groups -OCH3 is 1. The highest BCUT2D eigenvalue weighted by Crippen LogP contribution is 2.43. The summed E-state index contributed by atoms with van der Waals surface area (Å²) in [5.74, 6) is 0.00224. The van der Waals surface area contributed by atoms with E-state index in [0.717, 1.165) is 44.6 Å². The number of nitrogens with one attached hydrogen (secondary N) is 2. The van der Waals surface area contributed by atoms with Crippen LogP contribution >= 0.6 is 0 Å². The first kappa shape index (κ1) is 23.0. The van der Waals surface area contributed by atoms with Gasteiger partial charge in [0.2, 0.25) is 5.91 Å². The number of hydrogen-bond donors (Lipinski definition) is 2. The Balaban J connectivity index is 0.00000256. The van der Waals surface area contributed by atoms with Crippen molar-refractivity contribution in [2.24, 2.45) is 5.41 Å². The molecule has 3 aliphatic rings. The van der Waals surface area contributed by atoms with Crippen LogP contribution in [-0.2, 0) is 14.3 Å². The highest BCUT2D eigenvalue weighted by Gasteiger charge is 2.34. The van der Waals surface area contributed by atoms with Gasteiger partial charge >= 0.3 is 0 Å². The lowest BCUT2D eigenvalue weighted by Crippen LogP contribution is -2.56. The molecule has 1 amide bonds. The molecule has 170 valence electrons. The quantitative estimate of drug-likeness (QED) is 0.630. The van der Waals surface area contributed by atoms with E-state index in [9.17, 15) is 4.79 Å². The van der Waals surface area contributed by atoms with Gasteiger partial charge in [0.25, 0.3) is 0 Å². The minimum atomic E-state index is -0.658. The van der Waals surface area contributed by atoms with Crippen LogP contribution in [0.2, 0.25) is 0 Å². The lowest BCUT2D eigenvalue weighted by Gasteiger charge is -2.36. The second-order valence-electron chi connectivity index (χ2n) is 9.95. The van der Waals surface area contributed by atoms with Crippen LogP contribution in [0, 0.1) is 5.41 Å². The third kappa shape index (κ3) is 5.13. The van der Waals surface area contributed by atoms with Gasteiger partial charge in [-0.05, 0) is 74.8 Å². The maximum absolute atomic E-state index is 13.3. The van der Waals surface area contributed by atoms with Gasteiger partial charge < -0.3 is 20.1 Å². The van der Waals surface area contributed by atoms with Crippen LogP contribution in [0.3, 0.4) is 0 Å². The van der Waals surface area contributed by atoms with E-state index in [1.807, 2.05) is 13.8 Å². The maximum Gasteiger partial charge on any atom is 0.244 e. The van der Waals surface area contributed by atoms with Crippen molar-refractivity contribution in [3.05, 3.63) is 46.2 Å². The molecule has 0 bridgehead atoms. The summed E-state index contributed by atoms with van der Waals surface area (Å²) in [6.07, 6.45) is 10.4. The number of carbonyl (C=O) groups excluding carboxylic acids is 1. The SMILES string of the molecule is COCC(C)(C)/C1=C/C(NC(=O)C(C)(C)NC2CCOCC2)=C(\C)CCC2=CC=C21.[HH].[HH]. The Morgan fingerprint density at radius 3 is 2.50 bits per heavy atom. The predicted molar refractivity (Wildman–Crippen MR) is 125 cm³/mol. The molecule has 3 rings (SSSR count). The van der Waals surface area contributed by atoms with Crippen LogP contribution in [0.25, 0.3) is 0 Å². The van der Waals surface area contributed by atoms with Crippen molar-refractivity contribution >= 4 is 5.91 Å². The predicted octanol–water partition coefficient (Wildman–Crippen LogP) is 4.68. The molecule has 0 unspecified atom stereocenters. The lowest BCUT2D eigenvalue weighted by atomic mass is 9.72. The molecule has 0 aromatic carbocycles. The van der Waals surface area contributed by atoms with E-state index in [-0.39, 0.29) is 14.2 Å². The summed E-state index contributed by atoms with van der Waals surface area (Å²) < 4.78 is 11.0. The van der Waals surface area contributed by atoms with Crippen LogP contribution in [0.1, 0.15) is 63.2 Å². The Morgan fingerprint density at radius 1 is 1.20 bits per heavy atom. The first-order valence-electron chi connectivity index (χ1n) is 11.1. The molecule has 2 aliphatic carbocycles. The van der Waals surface area contributed by atoms with Gasteiger partial charge in [-0.2, -0.15) is 0 Å². The molecule has 1 heterocycles. The van der Waals surface area contributed by atoms with Crippen molar-refractivity contribution in [1.82, 2.24) is 10.6 Å². The summed E-state index contributed by atoms with van der Waals surface area (Å²) in [5, 5.41) is 6.79. The second-order valence-corrected chi connectivity index (χ2v) is 9.95. The molecule has 0 atom stereocenters. The van der Waals surface area contributed by atoms with Crippen molar-refractivity contribution in [3.8, 4) is 0 Å². The second kappa shape index (κ2) is 9.21. The van der Waals surface area contributed by atoms with Crippen molar-refractivity contribution in [2.75, 3.05) is 26.9 Å². The number of hydrogen-bond acceptors (Lipinski definition) is 4. The molecule has 1 saturated heterocycles. The molecule has 0 saturated carbocycles. The standard InChI is InChI=1S/C25H38N2O3.2H2/c1-17-7-8-18-9-10-20(18)21(24(2,3)16-29-6)15-22(17)26-23(28)25(4,5)27-19-11-13-30-14-12-19;;/h9-10,15,19,27H,7-8,11-14,16H2,1-6H3,(H,26,28);2*1H/b21-15+,22-17-;;. The van der Waals surface area contributed by atoms with Gasteiger partial charge in [0.15, 0.2) is 0 Å². The molecule has 1 aliphatic heterocycles. The molecule has 1 fully saturated rings. The number of ether oxygens (including phenoxy) is 2. The molecule has 0 radical (unpaired) electrons. The molecule has 0 spiro atoms. The summed E-state index contributed by atoms with van der Waals surface area (Å²) >= 11 is 0. The Kier molecular flexibility index (Phi) is 7.05. The maximum atomic E-state index is 13.3. The van der Waals surface area contributed by atoms with E-state index >= 15 is 0 Å². The molecular weight excluding hydrogens is 376 g/mol. The van der Waals surface area contributed by atoms with Crippen molar-refractivity contribution in [1.29, 1.82) is 0 Å². The van der Waals surface area contributed by atoms with E-state index < -0.39 is 5.54 Å². The third-order valence-electron chi connectivity index (χ3n) is 6.44. The van der Waals surface area contributed by atoms with Gasteiger partial charge in [-0.1, -0.05) is 26.0 Å². The Labute approximate surface area is 184 Å². The minimum Gasteiger partial charge on any atom is -0.384 e.